The minimum absolute atomic E-state index is 0.593. The van der Waals surface area contributed by atoms with Gasteiger partial charge in [0.15, 0.2) is 0 Å². The van der Waals surface area contributed by atoms with Crippen LogP contribution in [0.4, 0.5) is 0 Å². The van der Waals surface area contributed by atoms with Crippen LogP contribution in [0.3, 0.4) is 0 Å². The first-order valence-electron chi connectivity index (χ1n) is 5.45. The van der Waals surface area contributed by atoms with Gasteiger partial charge in [0.2, 0.25) is 0 Å². The molecule has 0 saturated heterocycles. The van der Waals surface area contributed by atoms with Gasteiger partial charge >= 0.3 is 0 Å². The highest BCUT2D eigenvalue weighted by atomic mass is 15.1. The fourth-order valence-electron chi connectivity index (χ4n) is 2.26. The Labute approximate surface area is 91.1 Å². The van der Waals surface area contributed by atoms with Crippen molar-refractivity contribution in [3.05, 3.63) is 35.4 Å². The van der Waals surface area contributed by atoms with Crippen LogP contribution in [0.15, 0.2) is 24.3 Å². The van der Waals surface area contributed by atoms with Gasteiger partial charge in [0.25, 0.3) is 0 Å². The lowest BCUT2D eigenvalue weighted by molar-refractivity contribution is 0.254. The van der Waals surface area contributed by atoms with E-state index < -0.39 is 0 Å². The molecule has 0 spiro atoms. The molecule has 2 heteroatoms. The molecule has 78 valence electrons. The third-order valence-corrected chi connectivity index (χ3v) is 3.23. The minimum Gasteiger partial charge on any atom is -0.302 e. The Kier molecular flexibility index (Phi) is 3.03. The van der Waals surface area contributed by atoms with Crippen molar-refractivity contribution in [1.82, 2.24) is 4.90 Å². The normalized spacial score (nSPS) is 15.3. The van der Waals surface area contributed by atoms with Crippen molar-refractivity contribution >= 4 is 0 Å². The van der Waals surface area contributed by atoms with Crippen molar-refractivity contribution in [2.24, 2.45) is 0 Å². The molecule has 1 aromatic rings. The summed E-state index contributed by atoms with van der Waals surface area (Å²) in [6, 6.07) is 11.4. The van der Waals surface area contributed by atoms with Crippen molar-refractivity contribution in [2.45, 2.75) is 25.3 Å². The fraction of sp³-hybridized carbons (Fsp3) is 0.462. The Bertz CT molecular complexity index is 353. The number of fused-ring (bicyclic) bond motifs is 1. The second-order valence-corrected chi connectivity index (χ2v) is 4.22. The van der Waals surface area contributed by atoms with Crippen LogP contribution in [0.2, 0.25) is 0 Å². The molecule has 2 rings (SSSR count). The van der Waals surface area contributed by atoms with E-state index in [0.29, 0.717) is 12.5 Å². The van der Waals surface area contributed by atoms with Crippen molar-refractivity contribution in [3.8, 4) is 6.07 Å². The van der Waals surface area contributed by atoms with E-state index in [2.05, 4.69) is 42.3 Å². The Morgan fingerprint density at radius 1 is 1.33 bits per heavy atom. The molecular formula is C13H16N2. The summed E-state index contributed by atoms with van der Waals surface area (Å²) in [4.78, 5) is 2.31. The number of benzene rings is 1. The molecule has 1 aliphatic carbocycles. The highest BCUT2D eigenvalue weighted by molar-refractivity contribution is 5.33. The van der Waals surface area contributed by atoms with Crippen LogP contribution < -0.4 is 0 Å². The lowest BCUT2D eigenvalue weighted by Gasteiger charge is -2.22. The van der Waals surface area contributed by atoms with Crippen molar-refractivity contribution in [1.29, 1.82) is 5.26 Å². The van der Waals surface area contributed by atoms with Crippen LogP contribution in [-0.4, -0.2) is 24.5 Å². The first-order valence-corrected chi connectivity index (χ1v) is 5.45. The summed E-state index contributed by atoms with van der Waals surface area (Å²) in [6.45, 7) is 0.884. The standard InChI is InChI=1S/C13H16N2/c1-15(8-4-7-14)13-9-11-5-2-3-6-12(11)10-13/h2-3,5-6,13H,4,8-10H2,1H3. The Morgan fingerprint density at radius 2 is 1.93 bits per heavy atom. The van der Waals surface area contributed by atoms with Crippen molar-refractivity contribution in [3.63, 3.8) is 0 Å². The molecular weight excluding hydrogens is 184 g/mol. The maximum atomic E-state index is 8.55. The molecule has 15 heavy (non-hydrogen) atoms. The predicted molar refractivity (Wildman–Crippen MR) is 60.5 cm³/mol. The second-order valence-electron chi connectivity index (χ2n) is 4.22. The van der Waals surface area contributed by atoms with Gasteiger partial charge in [-0.2, -0.15) is 5.26 Å². The molecule has 0 saturated carbocycles. The molecule has 0 bridgehead atoms. The van der Waals surface area contributed by atoms with Crippen molar-refractivity contribution in [2.75, 3.05) is 13.6 Å². The minimum atomic E-state index is 0.593. The molecule has 0 fully saturated rings. The molecule has 1 aromatic carbocycles. The molecule has 2 nitrogen and oxygen atoms in total. The third-order valence-electron chi connectivity index (χ3n) is 3.23. The van der Waals surface area contributed by atoms with E-state index in [-0.39, 0.29) is 0 Å². The van der Waals surface area contributed by atoms with E-state index in [9.17, 15) is 0 Å². The zero-order valence-electron chi connectivity index (χ0n) is 9.11. The maximum Gasteiger partial charge on any atom is 0.0635 e. The second kappa shape index (κ2) is 4.46. The van der Waals surface area contributed by atoms with Crippen LogP contribution in [0, 0.1) is 11.3 Å². The van der Waals surface area contributed by atoms with Gasteiger partial charge in [-0.25, -0.2) is 0 Å². The molecule has 0 N–H and O–H groups in total. The van der Waals surface area contributed by atoms with Gasteiger partial charge in [0, 0.05) is 19.0 Å². The summed E-state index contributed by atoms with van der Waals surface area (Å²) in [7, 11) is 2.12. The van der Waals surface area contributed by atoms with Gasteiger partial charge in [-0.1, -0.05) is 24.3 Å². The predicted octanol–water partition coefficient (Wildman–Crippen LogP) is 2.00. The zero-order chi connectivity index (χ0) is 10.7. The summed E-state index contributed by atoms with van der Waals surface area (Å²) in [6.07, 6.45) is 2.90. The Balaban J connectivity index is 1.98. The van der Waals surface area contributed by atoms with Crippen LogP contribution in [0.1, 0.15) is 17.5 Å². The van der Waals surface area contributed by atoms with Gasteiger partial charge in [0.1, 0.15) is 0 Å². The SMILES string of the molecule is CN(CCC#N)C1Cc2ccccc2C1. The van der Waals surface area contributed by atoms with Crippen LogP contribution in [-0.2, 0) is 12.8 Å². The number of hydrogen-bond donors (Lipinski definition) is 0. The molecule has 0 unspecified atom stereocenters. The summed E-state index contributed by atoms with van der Waals surface area (Å²) >= 11 is 0. The maximum absolute atomic E-state index is 8.55. The molecule has 1 aliphatic rings. The van der Waals surface area contributed by atoms with E-state index in [1.807, 2.05) is 0 Å². The van der Waals surface area contributed by atoms with E-state index in [1.165, 1.54) is 11.1 Å². The number of nitrogens with zero attached hydrogens (tertiary/aromatic N) is 2. The molecule has 0 amide bonds. The first kappa shape index (κ1) is 10.2. The fourth-order valence-corrected chi connectivity index (χ4v) is 2.26. The van der Waals surface area contributed by atoms with Gasteiger partial charge in [0.05, 0.1) is 6.07 Å². The van der Waals surface area contributed by atoms with Gasteiger partial charge < -0.3 is 4.90 Å². The third kappa shape index (κ3) is 2.19. The van der Waals surface area contributed by atoms with Crippen LogP contribution in [0.5, 0.6) is 0 Å². The number of nitriles is 1. The number of rotatable bonds is 3. The van der Waals surface area contributed by atoms with E-state index in [0.717, 1.165) is 19.4 Å². The summed E-state index contributed by atoms with van der Waals surface area (Å²) < 4.78 is 0. The smallest absolute Gasteiger partial charge is 0.0635 e. The Hall–Kier alpha value is -1.33. The molecule has 0 aromatic heterocycles. The largest absolute Gasteiger partial charge is 0.302 e. The van der Waals surface area contributed by atoms with Crippen LogP contribution in [0.25, 0.3) is 0 Å². The zero-order valence-corrected chi connectivity index (χ0v) is 9.11. The lowest BCUT2D eigenvalue weighted by atomic mass is 10.1. The van der Waals surface area contributed by atoms with Crippen LogP contribution >= 0.6 is 0 Å². The van der Waals surface area contributed by atoms with E-state index >= 15 is 0 Å². The van der Waals surface area contributed by atoms with Gasteiger partial charge in [-0.05, 0) is 31.0 Å². The molecule has 0 heterocycles. The summed E-state index contributed by atoms with van der Waals surface area (Å²) in [5.41, 5.74) is 2.96. The molecule has 0 radical (unpaired) electrons. The lowest BCUT2D eigenvalue weighted by Crippen LogP contribution is -2.32. The van der Waals surface area contributed by atoms with Crippen molar-refractivity contribution < 1.29 is 0 Å². The first-order chi connectivity index (χ1) is 7.31. The quantitative estimate of drug-likeness (QED) is 0.746. The molecule has 0 atom stereocenters. The monoisotopic (exact) mass is 200 g/mol. The highest BCUT2D eigenvalue weighted by Crippen LogP contribution is 2.24. The van der Waals surface area contributed by atoms with E-state index in [1.54, 1.807) is 0 Å². The summed E-state index contributed by atoms with van der Waals surface area (Å²) in [5.74, 6) is 0. The number of hydrogen-bond acceptors (Lipinski definition) is 2. The number of likely N-dealkylation sites (N-methyl/N-ethyl adjacent to an activating group) is 1. The average molecular weight is 200 g/mol. The topological polar surface area (TPSA) is 27.0 Å². The summed E-state index contributed by atoms with van der Waals surface area (Å²) in [5, 5.41) is 8.55. The van der Waals surface area contributed by atoms with Gasteiger partial charge in [-0.15, -0.1) is 0 Å². The van der Waals surface area contributed by atoms with Gasteiger partial charge in [-0.3, -0.25) is 0 Å². The van der Waals surface area contributed by atoms with E-state index in [4.69, 9.17) is 5.26 Å². The average Bonchev–Trinajstić information content (AvgIpc) is 2.69. The molecule has 0 aliphatic heterocycles. The Morgan fingerprint density at radius 3 is 2.47 bits per heavy atom. The highest BCUT2D eigenvalue weighted by Gasteiger charge is 2.23.